The Morgan fingerprint density at radius 3 is 2.53 bits per heavy atom. The minimum Gasteiger partial charge on any atom is -0.378 e. The van der Waals surface area contributed by atoms with Crippen LogP contribution in [0.3, 0.4) is 0 Å². The lowest BCUT2D eigenvalue weighted by molar-refractivity contribution is 0.0957. The van der Waals surface area contributed by atoms with Gasteiger partial charge in [0.1, 0.15) is 5.69 Å². The van der Waals surface area contributed by atoms with E-state index >= 15 is 0 Å². The Morgan fingerprint density at radius 2 is 1.75 bits per heavy atom. The van der Waals surface area contributed by atoms with E-state index in [1.807, 2.05) is 12.1 Å². The Kier molecular flexibility index (Phi) is 7.36. The fourth-order valence-corrected chi connectivity index (χ4v) is 4.29. The minimum absolute atomic E-state index is 0.0816. The van der Waals surface area contributed by atoms with Gasteiger partial charge in [-0.3, -0.25) is 15.6 Å². The van der Waals surface area contributed by atoms with E-state index in [0.717, 1.165) is 30.7 Å². The number of amides is 1. The maximum absolute atomic E-state index is 14.2. The number of ether oxygens (including phenoxy) is 1. The second kappa shape index (κ2) is 11.2. The molecule has 2 aliphatic rings. The highest BCUT2D eigenvalue weighted by Crippen LogP contribution is 2.25. The van der Waals surface area contributed by atoms with Crippen LogP contribution in [0.2, 0.25) is 0 Å². The van der Waals surface area contributed by atoms with E-state index in [4.69, 9.17) is 4.74 Å². The van der Waals surface area contributed by atoms with Crippen molar-refractivity contribution in [3.05, 3.63) is 60.3 Å². The molecule has 0 aliphatic carbocycles. The van der Waals surface area contributed by atoms with Crippen LogP contribution >= 0.6 is 0 Å². The molecule has 0 bridgehead atoms. The van der Waals surface area contributed by atoms with Crippen LogP contribution < -0.4 is 26.0 Å². The van der Waals surface area contributed by atoms with Crippen LogP contribution in [0.1, 0.15) is 29.8 Å². The summed E-state index contributed by atoms with van der Waals surface area (Å²) in [5, 5.41) is 3.34. The number of rotatable bonds is 7. The van der Waals surface area contributed by atoms with Crippen LogP contribution in [0.15, 0.2) is 48.8 Å². The van der Waals surface area contributed by atoms with Crippen molar-refractivity contribution in [2.45, 2.75) is 19.3 Å². The van der Waals surface area contributed by atoms with Gasteiger partial charge in [0.05, 0.1) is 31.3 Å². The number of hydrogen-bond acceptors (Lipinski definition) is 9. The van der Waals surface area contributed by atoms with E-state index in [9.17, 15) is 9.18 Å². The summed E-state index contributed by atoms with van der Waals surface area (Å²) in [5.74, 6) is -0.740. The molecular formula is C25H29FN8O2. The lowest BCUT2D eigenvalue weighted by Crippen LogP contribution is -2.38. The minimum atomic E-state index is -0.528. The molecule has 3 N–H and O–H groups in total. The normalized spacial score (nSPS) is 15.9. The highest BCUT2D eigenvalue weighted by Gasteiger charge is 2.18. The van der Waals surface area contributed by atoms with Gasteiger partial charge in [-0.25, -0.2) is 14.4 Å². The van der Waals surface area contributed by atoms with Crippen LogP contribution in [0.25, 0.3) is 0 Å². The molecule has 2 saturated heterocycles. The van der Waals surface area contributed by atoms with Crippen molar-refractivity contribution in [3.8, 4) is 0 Å². The third-order valence-corrected chi connectivity index (χ3v) is 6.18. The summed E-state index contributed by atoms with van der Waals surface area (Å²) in [6.07, 6.45) is 6.42. The number of hydrogen-bond donors (Lipinski definition) is 3. The molecule has 10 nitrogen and oxygen atoms in total. The van der Waals surface area contributed by atoms with Crippen molar-refractivity contribution in [3.63, 3.8) is 0 Å². The smallest absolute Gasteiger partial charge is 0.288 e. The molecule has 188 valence electrons. The van der Waals surface area contributed by atoms with Gasteiger partial charge in [0, 0.05) is 37.6 Å². The molecule has 3 aromatic rings. The molecule has 0 atom stereocenters. The number of halogens is 1. The fourth-order valence-electron chi connectivity index (χ4n) is 4.29. The number of carbonyl (C=O) groups excluding carboxylic acids is 1. The molecule has 36 heavy (non-hydrogen) atoms. The fraction of sp³-hybridized carbons (Fsp3) is 0.360. The van der Waals surface area contributed by atoms with Crippen molar-refractivity contribution < 1.29 is 13.9 Å². The van der Waals surface area contributed by atoms with Crippen molar-refractivity contribution in [2.24, 2.45) is 0 Å². The molecule has 0 radical (unpaired) electrons. The number of aromatic nitrogens is 3. The molecule has 0 saturated carbocycles. The summed E-state index contributed by atoms with van der Waals surface area (Å²) in [5.41, 5.74) is 8.29. The van der Waals surface area contributed by atoms with E-state index in [1.165, 1.54) is 24.9 Å². The molecule has 1 aromatic carbocycles. The topological polar surface area (TPSA) is 108 Å². The quantitative estimate of drug-likeness (QED) is 0.428. The Bertz CT molecular complexity index is 1180. The predicted octanol–water partition coefficient (Wildman–Crippen LogP) is 3.34. The molecule has 2 aliphatic heterocycles. The van der Waals surface area contributed by atoms with E-state index < -0.39 is 11.7 Å². The molecule has 5 rings (SSSR count). The van der Waals surface area contributed by atoms with Crippen molar-refractivity contribution >= 4 is 34.7 Å². The SMILES string of the molecule is O=C(NNc1ncc(F)c(N2CCOCC2)n1)c1ccc(Nc2cccc(N3CCCCC3)c2)cn1. The molecule has 2 fully saturated rings. The first-order valence-electron chi connectivity index (χ1n) is 12.2. The summed E-state index contributed by atoms with van der Waals surface area (Å²) >= 11 is 0. The van der Waals surface area contributed by atoms with Crippen molar-refractivity contribution in [2.75, 3.05) is 59.9 Å². The molecule has 0 unspecified atom stereocenters. The Balaban J connectivity index is 1.17. The molecule has 4 heterocycles. The first kappa shape index (κ1) is 23.7. The van der Waals surface area contributed by atoms with E-state index in [1.54, 1.807) is 23.2 Å². The van der Waals surface area contributed by atoms with Gasteiger partial charge in [-0.2, -0.15) is 4.98 Å². The van der Waals surface area contributed by atoms with Crippen LogP contribution in [0.5, 0.6) is 0 Å². The lowest BCUT2D eigenvalue weighted by Gasteiger charge is -2.29. The Labute approximate surface area is 208 Å². The van der Waals surface area contributed by atoms with Crippen molar-refractivity contribution in [1.29, 1.82) is 0 Å². The zero-order valence-corrected chi connectivity index (χ0v) is 19.9. The maximum atomic E-state index is 14.2. The average Bonchev–Trinajstić information content (AvgIpc) is 2.94. The van der Waals surface area contributed by atoms with Gasteiger partial charge in [0.15, 0.2) is 11.6 Å². The predicted molar refractivity (Wildman–Crippen MR) is 136 cm³/mol. The number of nitrogens with zero attached hydrogens (tertiary/aromatic N) is 5. The lowest BCUT2D eigenvalue weighted by atomic mass is 10.1. The summed E-state index contributed by atoms with van der Waals surface area (Å²) in [6.45, 7) is 4.24. The highest BCUT2D eigenvalue weighted by atomic mass is 19.1. The van der Waals surface area contributed by atoms with E-state index in [0.29, 0.717) is 26.3 Å². The van der Waals surface area contributed by atoms with Gasteiger partial charge in [0.2, 0.25) is 5.95 Å². The first-order valence-corrected chi connectivity index (χ1v) is 12.2. The van der Waals surface area contributed by atoms with E-state index in [-0.39, 0.29) is 17.5 Å². The first-order chi connectivity index (χ1) is 17.7. The number of carbonyl (C=O) groups is 1. The summed E-state index contributed by atoms with van der Waals surface area (Å²) in [7, 11) is 0. The van der Waals surface area contributed by atoms with E-state index in [2.05, 4.69) is 48.2 Å². The van der Waals surface area contributed by atoms with Gasteiger partial charge >= 0.3 is 0 Å². The molecule has 1 amide bonds. The highest BCUT2D eigenvalue weighted by molar-refractivity contribution is 5.93. The maximum Gasteiger partial charge on any atom is 0.288 e. The number of hydrazine groups is 1. The largest absolute Gasteiger partial charge is 0.378 e. The van der Waals surface area contributed by atoms with Gasteiger partial charge in [-0.15, -0.1) is 0 Å². The average molecular weight is 493 g/mol. The molecular weight excluding hydrogens is 463 g/mol. The Morgan fingerprint density at radius 1 is 0.917 bits per heavy atom. The monoisotopic (exact) mass is 492 g/mol. The second-order valence-electron chi connectivity index (χ2n) is 8.70. The molecule has 2 aromatic heterocycles. The summed E-state index contributed by atoms with van der Waals surface area (Å²) in [4.78, 5) is 29.1. The number of pyridine rings is 1. The Hall–Kier alpha value is -3.99. The third kappa shape index (κ3) is 5.80. The number of nitrogens with one attached hydrogen (secondary N) is 3. The van der Waals surface area contributed by atoms with Crippen LogP contribution in [-0.4, -0.2) is 60.3 Å². The number of piperidine rings is 1. The zero-order valence-electron chi connectivity index (χ0n) is 19.9. The van der Waals surface area contributed by atoms with Gasteiger partial charge in [-0.1, -0.05) is 6.07 Å². The molecule has 0 spiro atoms. The molecule has 11 heteroatoms. The third-order valence-electron chi connectivity index (χ3n) is 6.18. The summed E-state index contributed by atoms with van der Waals surface area (Å²) < 4.78 is 19.5. The van der Waals surface area contributed by atoms with Gasteiger partial charge in [-0.05, 0) is 49.6 Å². The summed E-state index contributed by atoms with van der Waals surface area (Å²) in [6, 6.07) is 11.7. The van der Waals surface area contributed by atoms with Crippen molar-refractivity contribution in [1.82, 2.24) is 20.4 Å². The van der Waals surface area contributed by atoms with Crippen LogP contribution in [-0.2, 0) is 4.74 Å². The number of morpholine rings is 1. The van der Waals surface area contributed by atoms with Gasteiger partial charge < -0.3 is 19.9 Å². The zero-order chi connectivity index (χ0) is 24.7. The second-order valence-corrected chi connectivity index (χ2v) is 8.70. The number of benzene rings is 1. The van der Waals surface area contributed by atoms with Crippen LogP contribution in [0, 0.1) is 5.82 Å². The number of anilines is 5. The standard InChI is InChI=1S/C25H29FN8O2/c26-21-17-28-25(30-23(21)34-11-13-36-14-12-34)32-31-24(35)22-8-7-19(16-27-22)29-18-5-4-6-20(15-18)33-9-2-1-3-10-33/h4-8,15-17,29H,1-3,9-14H2,(H,31,35)(H,28,30,32). The van der Waals surface area contributed by atoms with Crippen LogP contribution in [0.4, 0.5) is 33.2 Å². The van der Waals surface area contributed by atoms with Gasteiger partial charge in [0.25, 0.3) is 5.91 Å².